The van der Waals surface area contributed by atoms with E-state index in [-0.39, 0.29) is 18.1 Å². The zero-order valence-corrected chi connectivity index (χ0v) is 14.4. The van der Waals surface area contributed by atoms with Crippen LogP contribution in [0.2, 0.25) is 0 Å². The number of nitro benzene ring substituents is 1. The monoisotopic (exact) mass is 354 g/mol. The van der Waals surface area contributed by atoms with Crippen LogP contribution in [-0.4, -0.2) is 28.8 Å². The SMILES string of the molecule is CC1(C)Nc2ccccc2N(CC(=O)Nc2cccc([N+](=O)[O-])c2)C1=O. The number of anilines is 3. The third-order valence-corrected chi connectivity index (χ3v) is 4.06. The Bertz CT molecular complexity index is 894. The molecule has 134 valence electrons. The average Bonchev–Trinajstić information content (AvgIpc) is 2.59. The van der Waals surface area contributed by atoms with Crippen LogP contribution in [0, 0.1) is 10.1 Å². The first-order chi connectivity index (χ1) is 12.3. The summed E-state index contributed by atoms with van der Waals surface area (Å²) < 4.78 is 0. The van der Waals surface area contributed by atoms with E-state index in [0.29, 0.717) is 11.4 Å². The minimum absolute atomic E-state index is 0.118. The molecular weight excluding hydrogens is 336 g/mol. The Morgan fingerprint density at radius 1 is 1.23 bits per heavy atom. The standard InChI is InChI=1S/C18H18N4O4/c1-18(2)17(24)21(15-9-4-3-8-14(15)20-18)11-16(23)19-12-6-5-7-13(10-12)22(25)26/h3-10,20H,11H2,1-2H3,(H,19,23). The topological polar surface area (TPSA) is 105 Å². The third-order valence-electron chi connectivity index (χ3n) is 4.06. The maximum atomic E-state index is 12.7. The molecule has 0 fully saturated rings. The predicted molar refractivity (Wildman–Crippen MR) is 98.2 cm³/mol. The molecular formula is C18H18N4O4. The summed E-state index contributed by atoms with van der Waals surface area (Å²) in [5, 5.41) is 16.6. The summed E-state index contributed by atoms with van der Waals surface area (Å²) in [4.78, 5) is 36.9. The summed E-state index contributed by atoms with van der Waals surface area (Å²) in [5.74, 6) is -0.670. The van der Waals surface area contributed by atoms with Crippen LogP contribution in [0.4, 0.5) is 22.7 Å². The van der Waals surface area contributed by atoms with Crippen LogP contribution in [0.15, 0.2) is 48.5 Å². The van der Waals surface area contributed by atoms with Crippen LogP contribution in [0.1, 0.15) is 13.8 Å². The molecule has 0 unspecified atom stereocenters. The summed E-state index contributed by atoms with van der Waals surface area (Å²) in [6, 6.07) is 12.9. The van der Waals surface area contributed by atoms with Crippen molar-refractivity contribution in [3.63, 3.8) is 0 Å². The fraction of sp³-hybridized carbons (Fsp3) is 0.222. The van der Waals surface area contributed by atoms with Gasteiger partial charge < -0.3 is 10.6 Å². The van der Waals surface area contributed by atoms with Crippen molar-refractivity contribution in [2.45, 2.75) is 19.4 Å². The fourth-order valence-corrected chi connectivity index (χ4v) is 2.85. The van der Waals surface area contributed by atoms with E-state index in [1.807, 2.05) is 12.1 Å². The Morgan fingerprint density at radius 3 is 2.69 bits per heavy atom. The number of amides is 2. The van der Waals surface area contributed by atoms with Crippen molar-refractivity contribution in [2.75, 3.05) is 22.1 Å². The van der Waals surface area contributed by atoms with Gasteiger partial charge in [-0.15, -0.1) is 0 Å². The van der Waals surface area contributed by atoms with Gasteiger partial charge in [0.05, 0.1) is 16.3 Å². The van der Waals surface area contributed by atoms with E-state index in [9.17, 15) is 19.7 Å². The average molecular weight is 354 g/mol. The van der Waals surface area contributed by atoms with Gasteiger partial charge in [0, 0.05) is 17.8 Å². The number of hydrogen-bond acceptors (Lipinski definition) is 5. The van der Waals surface area contributed by atoms with Gasteiger partial charge in [-0.25, -0.2) is 0 Å². The molecule has 1 heterocycles. The molecule has 0 aromatic heterocycles. The number of hydrogen-bond donors (Lipinski definition) is 2. The molecule has 0 aliphatic carbocycles. The number of nitro groups is 1. The number of carbonyl (C=O) groups is 2. The molecule has 26 heavy (non-hydrogen) atoms. The van der Waals surface area contributed by atoms with Crippen molar-refractivity contribution in [1.29, 1.82) is 0 Å². The lowest BCUT2D eigenvalue weighted by Crippen LogP contribution is -2.55. The molecule has 0 bridgehead atoms. The van der Waals surface area contributed by atoms with Crippen LogP contribution in [0.3, 0.4) is 0 Å². The van der Waals surface area contributed by atoms with Crippen molar-refractivity contribution in [1.82, 2.24) is 0 Å². The molecule has 0 saturated heterocycles. The van der Waals surface area contributed by atoms with E-state index in [1.165, 1.54) is 23.1 Å². The summed E-state index contributed by atoms with van der Waals surface area (Å²) in [6.45, 7) is 3.30. The Balaban J connectivity index is 1.81. The van der Waals surface area contributed by atoms with Gasteiger partial charge in [-0.05, 0) is 32.0 Å². The summed E-state index contributed by atoms with van der Waals surface area (Å²) in [7, 11) is 0. The lowest BCUT2D eigenvalue weighted by atomic mass is 9.98. The molecule has 0 radical (unpaired) electrons. The second kappa shape index (κ2) is 6.47. The molecule has 2 amide bonds. The molecule has 0 atom stereocenters. The van der Waals surface area contributed by atoms with E-state index in [2.05, 4.69) is 10.6 Å². The van der Waals surface area contributed by atoms with Crippen molar-refractivity contribution < 1.29 is 14.5 Å². The minimum atomic E-state index is -0.847. The Hall–Kier alpha value is -3.42. The van der Waals surface area contributed by atoms with Gasteiger partial charge in [0.2, 0.25) is 5.91 Å². The highest BCUT2D eigenvalue weighted by atomic mass is 16.6. The van der Waals surface area contributed by atoms with Crippen LogP contribution < -0.4 is 15.5 Å². The van der Waals surface area contributed by atoms with Gasteiger partial charge in [0.15, 0.2) is 0 Å². The van der Waals surface area contributed by atoms with E-state index < -0.39 is 16.4 Å². The summed E-state index contributed by atoms with van der Waals surface area (Å²) in [6.07, 6.45) is 0. The largest absolute Gasteiger partial charge is 0.370 e. The zero-order valence-electron chi connectivity index (χ0n) is 14.4. The summed E-state index contributed by atoms with van der Waals surface area (Å²) in [5.41, 5.74) is 0.721. The van der Waals surface area contributed by atoms with Gasteiger partial charge in [0.1, 0.15) is 12.1 Å². The minimum Gasteiger partial charge on any atom is -0.370 e. The smallest absolute Gasteiger partial charge is 0.271 e. The Morgan fingerprint density at radius 2 is 1.96 bits per heavy atom. The molecule has 2 N–H and O–H groups in total. The molecule has 1 aliphatic heterocycles. The lowest BCUT2D eigenvalue weighted by molar-refractivity contribution is -0.384. The fourth-order valence-electron chi connectivity index (χ4n) is 2.85. The van der Waals surface area contributed by atoms with Gasteiger partial charge in [-0.1, -0.05) is 18.2 Å². The second-order valence-electron chi connectivity index (χ2n) is 6.51. The number of benzene rings is 2. The molecule has 8 nitrogen and oxygen atoms in total. The van der Waals surface area contributed by atoms with E-state index in [1.54, 1.807) is 32.0 Å². The number of rotatable bonds is 4. The number of nitrogens with zero attached hydrogens (tertiary/aromatic N) is 2. The number of nitrogens with one attached hydrogen (secondary N) is 2. The quantitative estimate of drug-likeness (QED) is 0.649. The van der Waals surface area contributed by atoms with Gasteiger partial charge >= 0.3 is 0 Å². The summed E-state index contributed by atoms with van der Waals surface area (Å²) >= 11 is 0. The maximum Gasteiger partial charge on any atom is 0.271 e. The van der Waals surface area contributed by atoms with E-state index in [0.717, 1.165) is 5.69 Å². The molecule has 0 spiro atoms. The van der Waals surface area contributed by atoms with Crippen molar-refractivity contribution >= 4 is 34.6 Å². The third kappa shape index (κ3) is 3.34. The van der Waals surface area contributed by atoms with Crippen LogP contribution >= 0.6 is 0 Å². The van der Waals surface area contributed by atoms with Crippen LogP contribution in [0.5, 0.6) is 0 Å². The molecule has 1 aliphatic rings. The first kappa shape index (κ1) is 17.4. The highest BCUT2D eigenvalue weighted by molar-refractivity contribution is 6.11. The number of para-hydroxylation sites is 2. The molecule has 2 aromatic carbocycles. The highest BCUT2D eigenvalue weighted by Gasteiger charge is 2.39. The Kier molecular flexibility index (Phi) is 4.33. The Labute approximate surface area is 150 Å². The predicted octanol–water partition coefficient (Wildman–Crippen LogP) is 2.77. The number of fused-ring (bicyclic) bond motifs is 1. The van der Waals surface area contributed by atoms with E-state index >= 15 is 0 Å². The van der Waals surface area contributed by atoms with Gasteiger partial charge in [-0.2, -0.15) is 0 Å². The van der Waals surface area contributed by atoms with Crippen molar-refractivity contribution in [3.8, 4) is 0 Å². The number of carbonyl (C=O) groups excluding carboxylic acids is 2. The molecule has 2 aromatic rings. The highest BCUT2D eigenvalue weighted by Crippen LogP contribution is 2.34. The van der Waals surface area contributed by atoms with E-state index in [4.69, 9.17) is 0 Å². The van der Waals surface area contributed by atoms with Crippen molar-refractivity contribution in [2.24, 2.45) is 0 Å². The maximum absolute atomic E-state index is 12.7. The number of non-ortho nitro benzene ring substituents is 1. The zero-order chi connectivity index (χ0) is 18.9. The van der Waals surface area contributed by atoms with Gasteiger partial charge in [0.25, 0.3) is 11.6 Å². The van der Waals surface area contributed by atoms with Crippen molar-refractivity contribution in [3.05, 3.63) is 58.6 Å². The second-order valence-corrected chi connectivity index (χ2v) is 6.51. The first-order valence-electron chi connectivity index (χ1n) is 8.01. The van der Waals surface area contributed by atoms with Crippen LogP contribution in [0.25, 0.3) is 0 Å². The molecule has 8 heteroatoms. The van der Waals surface area contributed by atoms with Crippen LogP contribution in [-0.2, 0) is 9.59 Å². The molecule has 3 rings (SSSR count). The lowest BCUT2D eigenvalue weighted by Gasteiger charge is -2.39. The molecule has 0 saturated carbocycles. The first-order valence-corrected chi connectivity index (χ1v) is 8.01. The normalized spacial score (nSPS) is 15.0. The van der Waals surface area contributed by atoms with Gasteiger partial charge in [-0.3, -0.25) is 24.6 Å².